The molecule has 0 aromatic carbocycles. The summed E-state index contributed by atoms with van der Waals surface area (Å²) in [6.45, 7) is 10.5. The number of nitrogens with zero attached hydrogens (tertiary/aromatic N) is 1. The molecular formula is C9H16LiN. The van der Waals surface area contributed by atoms with E-state index >= 15 is 0 Å². The first-order valence-corrected chi connectivity index (χ1v) is 4.29. The summed E-state index contributed by atoms with van der Waals surface area (Å²) in [5, 5.41) is 1.25. The van der Waals surface area contributed by atoms with E-state index in [2.05, 4.69) is 35.8 Å². The average Bonchev–Trinajstić information content (AvgIpc) is 2.01. The summed E-state index contributed by atoms with van der Waals surface area (Å²) in [5.41, 5.74) is 0. The minimum atomic E-state index is 0.978. The predicted octanol–water partition coefficient (Wildman–Crippen LogP) is 1.64. The van der Waals surface area contributed by atoms with E-state index in [1.165, 1.54) is 11.5 Å². The van der Waals surface area contributed by atoms with Crippen molar-refractivity contribution in [3.05, 3.63) is 25.3 Å². The second-order valence-electron chi connectivity index (χ2n) is 2.69. The molecule has 0 amide bonds. The standard InChI is InChI=1S/C9H16N.Li/c1-4-7-10(8-5-2)9-6-3;/h4-5H,1-3,6-9H2;. The fourth-order valence-electron chi connectivity index (χ4n) is 1.00. The van der Waals surface area contributed by atoms with Crippen LogP contribution in [-0.4, -0.2) is 42.2 Å². The number of hydrogen-bond acceptors (Lipinski definition) is 1. The molecule has 0 heterocycles. The molecule has 0 atom stereocenters. The van der Waals surface area contributed by atoms with E-state index in [1.807, 2.05) is 12.2 Å². The molecule has 0 aliphatic heterocycles. The topological polar surface area (TPSA) is 3.24 Å². The van der Waals surface area contributed by atoms with Gasteiger partial charge in [-0.1, -0.05) is 0 Å². The van der Waals surface area contributed by atoms with Gasteiger partial charge in [-0.15, -0.1) is 0 Å². The normalized spacial score (nSPS) is 10.1. The van der Waals surface area contributed by atoms with Crippen LogP contribution in [0.2, 0.25) is 5.09 Å². The Morgan fingerprint density at radius 3 is 2.09 bits per heavy atom. The first-order chi connectivity index (χ1) is 5.35. The van der Waals surface area contributed by atoms with E-state index in [-0.39, 0.29) is 0 Å². The molecule has 0 rings (SSSR count). The van der Waals surface area contributed by atoms with Gasteiger partial charge in [0.15, 0.2) is 0 Å². The first-order valence-electron chi connectivity index (χ1n) is 4.29. The summed E-state index contributed by atoms with van der Waals surface area (Å²) >= 11 is 2.21. The summed E-state index contributed by atoms with van der Waals surface area (Å²) in [5.74, 6) is 0. The van der Waals surface area contributed by atoms with Crippen LogP contribution in [0.4, 0.5) is 0 Å². The van der Waals surface area contributed by atoms with E-state index in [4.69, 9.17) is 0 Å². The molecule has 0 spiro atoms. The van der Waals surface area contributed by atoms with Crippen LogP contribution in [0.25, 0.3) is 0 Å². The van der Waals surface area contributed by atoms with Crippen LogP contribution < -0.4 is 0 Å². The third-order valence-corrected chi connectivity index (χ3v) is 1.60. The van der Waals surface area contributed by atoms with Gasteiger partial charge in [-0.25, -0.2) is 0 Å². The van der Waals surface area contributed by atoms with Crippen molar-refractivity contribution in [3.63, 3.8) is 0 Å². The van der Waals surface area contributed by atoms with E-state index in [9.17, 15) is 0 Å². The van der Waals surface area contributed by atoms with Crippen molar-refractivity contribution in [1.29, 1.82) is 0 Å². The Bertz CT molecular complexity index is 102. The minimum absolute atomic E-state index is 0.978. The summed E-state index contributed by atoms with van der Waals surface area (Å²) < 4.78 is 0. The van der Waals surface area contributed by atoms with E-state index in [0.717, 1.165) is 19.6 Å². The molecule has 11 heavy (non-hydrogen) atoms. The Morgan fingerprint density at radius 2 is 1.73 bits per heavy atom. The van der Waals surface area contributed by atoms with Crippen molar-refractivity contribution < 1.29 is 0 Å². The monoisotopic (exact) mass is 145 g/mol. The van der Waals surface area contributed by atoms with E-state index in [0.29, 0.717) is 0 Å². The van der Waals surface area contributed by atoms with Crippen molar-refractivity contribution in [2.24, 2.45) is 0 Å². The van der Waals surface area contributed by atoms with Gasteiger partial charge in [-0.2, -0.15) is 0 Å². The molecule has 58 valence electrons. The van der Waals surface area contributed by atoms with Gasteiger partial charge in [0.2, 0.25) is 0 Å². The van der Waals surface area contributed by atoms with Gasteiger partial charge in [0.25, 0.3) is 0 Å². The molecule has 0 N–H and O–H groups in total. The van der Waals surface area contributed by atoms with Crippen LogP contribution in [0.5, 0.6) is 0 Å². The molecule has 0 unspecified atom stereocenters. The summed E-state index contributed by atoms with van der Waals surface area (Å²) in [6.07, 6.45) is 5.15. The average molecular weight is 145 g/mol. The van der Waals surface area contributed by atoms with E-state index < -0.39 is 0 Å². The Hall–Kier alpha value is 0.0374. The fraction of sp³-hybridized carbons (Fsp3) is 0.556. The molecule has 0 fully saturated rings. The van der Waals surface area contributed by atoms with Crippen LogP contribution in [0.3, 0.4) is 0 Å². The molecule has 0 aliphatic carbocycles. The molecular weight excluding hydrogens is 129 g/mol. The van der Waals surface area contributed by atoms with Crippen molar-refractivity contribution in [3.8, 4) is 0 Å². The molecule has 0 bridgehead atoms. The number of hydrogen-bond donors (Lipinski definition) is 0. The van der Waals surface area contributed by atoms with Crippen LogP contribution in [-0.2, 0) is 0 Å². The summed E-state index contributed by atoms with van der Waals surface area (Å²) in [7, 11) is 0. The summed E-state index contributed by atoms with van der Waals surface area (Å²) in [6, 6.07) is 0. The molecule has 0 saturated carbocycles. The molecule has 0 saturated heterocycles. The van der Waals surface area contributed by atoms with Gasteiger partial charge >= 0.3 is 79.1 Å². The Labute approximate surface area is 79.4 Å². The summed E-state index contributed by atoms with van der Waals surface area (Å²) in [4.78, 5) is 2.34. The van der Waals surface area contributed by atoms with Gasteiger partial charge < -0.3 is 0 Å². The quantitative estimate of drug-likeness (QED) is 0.389. The fourth-order valence-corrected chi connectivity index (χ4v) is 1.00. The van der Waals surface area contributed by atoms with Crippen molar-refractivity contribution in [2.45, 2.75) is 11.5 Å². The second-order valence-corrected chi connectivity index (χ2v) is 2.69. The SMILES string of the molecule is [Li][CH2]CCN(CC=C)CC=C. The Balaban J connectivity index is 3.49. The van der Waals surface area contributed by atoms with Gasteiger partial charge in [0.05, 0.1) is 0 Å². The van der Waals surface area contributed by atoms with Crippen molar-refractivity contribution >= 4 is 17.7 Å². The maximum absolute atomic E-state index is 3.71. The van der Waals surface area contributed by atoms with Crippen molar-refractivity contribution in [2.75, 3.05) is 19.6 Å². The number of rotatable bonds is 7. The Kier molecular flexibility index (Phi) is 8.16. The van der Waals surface area contributed by atoms with E-state index in [1.54, 1.807) is 0 Å². The third-order valence-electron chi connectivity index (χ3n) is 1.60. The van der Waals surface area contributed by atoms with Crippen molar-refractivity contribution in [1.82, 2.24) is 4.90 Å². The second kappa shape index (κ2) is 8.14. The molecule has 0 radical (unpaired) electrons. The molecule has 1 nitrogen and oxygen atoms in total. The maximum atomic E-state index is 3.71. The predicted molar refractivity (Wildman–Crippen MR) is 52.0 cm³/mol. The zero-order chi connectivity index (χ0) is 8.53. The van der Waals surface area contributed by atoms with Gasteiger partial charge in [0, 0.05) is 0 Å². The van der Waals surface area contributed by atoms with Gasteiger partial charge in [0.1, 0.15) is 0 Å². The van der Waals surface area contributed by atoms with Crippen LogP contribution in [0.1, 0.15) is 6.42 Å². The van der Waals surface area contributed by atoms with Crippen LogP contribution in [0.15, 0.2) is 25.3 Å². The zero-order valence-electron chi connectivity index (χ0n) is 7.55. The zero-order valence-corrected chi connectivity index (χ0v) is 7.55. The third kappa shape index (κ3) is 6.44. The molecule has 0 aromatic heterocycles. The molecule has 2 heteroatoms. The van der Waals surface area contributed by atoms with Crippen LogP contribution >= 0.6 is 0 Å². The van der Waals surface area contributed by atoms with Gasteiger partial charge in [-0.05, 0) is 0 Å². The Morgan fingerprint density at radius 1 is 1.18 bits per heavy atom. The van der Waals surface area contributed by atoms with Gasteiger partial charge in [-0.3, -0.25) is 0 Å². The molecule has 0 aliphatic rings. The van der Waals surface area contributed by atoms with Crippen LogP contribution in [0, 0.1) is 0 Å². The first kappa shape index (κ1) is 11.0. The molecule has 0 aromatic rings.